The van der Waals surface area contributed by atoms with Crippen molar-refractivity contribution in [3.05, 3.63) is 40.9 Å². The Labute approximate surface area is 153 Å². The second-order valence-corrected chi connectivity index (χ2v) is 6.29. The van der Waals surface area contributed by atoms with E-state index in [4.69, 9.17) is 16.7 Å². The molecule has 1 fully saturated rings. The van der Waals surface area contributed by atoms with Gasteiger partial charge in [-0.15, -0.1) is 0 Å². The van der Waals surface area contributed by atoms with Gasteiger partial charge in [-0.3, -0.25) is 4.79 Å². The fourth-order valence-electron chi connectivity index (χ4n) is 2.89. The zero-order valence-electron chi connectivity index (χ0n) is 13.7. The molecule has 9 heteroatoms. The largest absolute Gasteiger partial charge is 0.465 e. The number of nitrogens with one attached hydrogen (secondary N) is 1. The van der Waals surface area contributed by atoms with Crippen molar-refractivity contribution in [3.63, 3.8) is 0 Å². The van der Waals surface area contributed by atoms with Crippen LogP contribution in [0.4, 0.5) is 15.0 Å². The molecule has 1 saturated heterocycles. The van der Waals surface area contributed by atoms with Crippen molar-refractivity contribution in [1.29, 1.82) is 0 Å². The minimum absolute atomic E-state index is 0.0100. The quantitative estimate of drug-likeness (QED) is 0.626. The lowest BCUT2D eigenvalue weighted by Gasteiger charge is -2.31. The van der Waals surface area contributed by atoms with E-state index in [-0.39, 0.29) is 29.4 Å². The molecular weight excluding hydrogens is 363 g/mol. The molecule has 2 N–H and O–H groups in total. The number of carboxylic acid groups (broad SMARTS) is 1. The lowest BCUT2D eigenvalue weighted by molar-refractivity contribution is 0.112. The predicted molar refractivity (Wildman–Crippen MR) is 94.1 cm³/mol. The summed E-state index contributed by atoms with van der Waals surface area (Å²) in [7, 11) is 0. The SMILES string of the molecule is O=Cc1ccc(-c2nc(Cl)nc(N[C@@H]3CCCN(C(=O)O)C3)c2F)cc1. The van der Waals surface area contributed by atoms with Gasteiger partial charge < -0.3 is 15.3 Å². The Bertz CT molecular complexity index is 832. The molecule has 1 aliphatic heterocycles. The number of carbonyl (C=O) groups is 2. The average molecular weight is 379 g/mol. The van der Waals surface area contributed by atoms with E-state index in [1.54, 1.807) is 24.3 Å². The molecule has 0 spiro atoms. The van der Waals surface area contributed by atoms with Crippen molar-refractivity contribution < 1.29 is 19.1 Å². The standard InChI is InChI=1S/C17H16ClFN4O3/c18-16-21-14(11-5-3-10(9-24)4-6-11)13(19)15(22-16)20-12-2-1-7-23(8-12)17(25)26/h3-6,9,12H,1-2,7-8H2,(H,25,26)(H,20,21,22)/t12-/m1/s1. The first-order valence-electron chi connectivity index (χ1n) is 8.01. The van der Waals surface area contributed by atoms with E-state index in [1.165, 1.54) is 4.90 Å². The van der Waals surface area contributed by atoms with Gasteiger partial charge in [0, 0.05) is 30.3 Å². The van der Waals surface area contributed by atoms with Crippen molar-refractivity contribution in [2.45, 2.75) is 18.9 Å². The van der Waals surface area contributed by atoms with Gasteiger partial charge in [0.1, 0.15) is 12.0 Å². The minimum Gasteiger partial charge on any atom is -0.465 e. The molecule has 2 heterocycles. The Kier molecular flexibility index (Phi) is 5.32. The van der Waals surface area contributed by atoms with Gasteiger partial charge in [0.15, 0.2) is 11.6 Å². The van der Waals surface area contributed by atoms with Crippen molar-refractivity contribution in [1.82, 2.24) is 14.9 Å². The molecule has 3 rings (SSSR count). The van der Waals surface area contributed by atoms with Gasteiger partial charge in [0.2, 0.25) is 5.28 Å². The topological polar surface area (TPSA) is 95.4 Å². The summed E-state index contributed by atoms with van der Waals surface area (Å²) in [6.45, 7) is 0.689. The van der Waals surface area contributed by atoms with Gasteiger partial charge >= 0.3 is 6.09 Å². The Hall–Kier alpha value is -2.74. The maximum Gasteiger partial charge on any atom is 0.407 e. The van der Waals surface area contributed by atoms with Crippen LogP contribution in [-0.2, 0) is 0 Å². The molecule has 1 aromatic carbocycles. The van der Waals surface area contributed by atoms with Crippen LogP contribution >= 0.6 is 11.6 Å². The number of likely N-dealkylation sites (tertiary alicyclic amines) is 1. The Morgan fingerprint density at radius 3 is 2.73 bits per heavy atom. The number of amides is 1. The number of anilines is 1. The molecule has 7 nitrogen and oxygen atoms in total. The maximum atomic E-state index is 14.9. The van der Waals surface area contributed by atoms with Crippen LogP contribution in [0.3, 0.4) is 0 Å². The van der Waals surface area contributed by atoms with E-state index in [0.717, 1.165) is 0 Å². The number of halogens is 2. The molecule has 2 aromatic rings. The summed E-state index contributed by atoms with van der Waals surface area (Å²) < 4.78 is 14.9. The van der Waals surface area contributed by atoms with Gasteiger partial charge in [-0.1, -0.05) is 24.3 Å². The fraction of sp³-hybridized carbons (Fsp3) is 0.294. The van der Waals surface area contributed by atoms with E-state index >= 15 is 0 Å². The third-order valence-electron chi connectivity index (χ3n) is 4.18. The first kappa shape index (κ1) is 18.1. The molecule has 0 saturated carbocycles. The summed E-state index contributed by atoms with van der Waals surface area (Å²) in [6, 6.07) is 5.98. The molecule has 26 heavy (non-hydrogen) atoms. The number of nitrogens with zero attached hydrogens (tertiary/aromatic N) is 3. The van der Waals surface area contributed by atoms with Gasteiger partial charge in [-0.25, -0.2) is 14.2 Å². The Morgan fingerprint density at radius 1 is 1.35 bits per heavy atom. The lowest BCUT2D eigenvalue weighted by Crippen LogP contribution is -2.44. The summed E-state index contributed by atoms with van der Waals surface area (Å²) >= 11 is 5.94. The van der Waals surface area contributed by atoms with Crippen LogP contribution in [0.2, 0.25) is 5.28 Å². The molecule has 1 amide bonds. The highest BCUT2D eigenvalue weighted by Gasteiger charge is 2.25. The summed E-state index contributed by atoms with van der Waals surface area (Å²) in [6.07, 6.45) is 1.05. The second kappa shape index (κ2) is 7.65. The summed E-state index contributed by atoms with van der Waals surface area (Å²) in [5, 5.41) is 11.9. The molecule has 0 aliphatic carbocycles. The first-order valence-corrected chi connectivity index (χ1v) is 8.39. The second-order valence-electron chi connectivity index (χ2n) is 5.96. The average Bonchev–Trinajstić information content (AvgIpc) is 2.64. The number of benzene rings is 1. The van der Waals surface area contributed by atoms with Gasteiger partial charge in [-0.2, -0.15) is 4.98 Å². The molecule has 0 unspecified atom stereocenters. The summed E-state index contributed by atoms with van der Waals surface area (Å²) in [5.74, 6) is -0.752. The van der Waals surface area contributed by atoms with Crippen LogP contribution in [0, 0.1) is 5.82 Å². The van der Waals surface area contributed by atoms with Crippen LogP contribution in [0.5, 0.6) is 0 Å². The molecule has 1 aromatic heterocycles. The number of piperidine rings is 1. The molecule has 0 bridgehead atoms. The highest BCUT2D eigenvalue weighted by molar-refractivity contribution is 6.28. The van der Waals surface area contributed by atoms with E-state index < -0.39 is 11.9 Å². The van der Waals surface area contributed by atoms with E-state index in [9.17, 15) is 14.0 Å². The number of hydrogen-bond donors (Lipinski definition) is 2. The molecule has 1 atom stereocenters. The van der Waals surface area contributed by atoms with Crippen LogP contribution in [0.15, 0.2) is 24.3 Å². The van der Waals surface area contributed by atoms with Crippen molar-refractivity contribution in [2.75, 3.05) is 18.4 Å². The highest BCUT2D eigenvalue weighted by atomic mass is 35.5. The molecule has 136 valence electrons. The van der Waals surface area contributed by atoms with Crippen molar-refractivity contribution in [3.8, 4) is 11.3 Å². The zero-order chi connectivity index (χ0) is 18.7. The predicted octanol–water partition coefficient (Wildman–Crippen LogP) is 3.30. The number of hydrogen-bond acceptors (Lipinski definition) is 5. The third kappa shape index (κ3) is 3.91. The Morgan fingerprint density at radius 2 is 2.08 bits per heavy atom. The van der Waals surface area contributed by atoms with Gasteiger partial charge in [0.25, 0.3) is 0 Å². The fourth-order valence-corrected chi connectivity index (χ4v) is 3.06. The lowest BCUT2D eigenvalue weighted by atomic mass is 10.1. The normalized spacial score (nSPS) is 17.0. The third-order valence-corrected chi connectivity index (χ3v) is 4.35. The summed E-state index contributed by atoms with van der Waals surface area (Å²) in [4.78, 5) is 31.0. The number of carbonyl (C=O) groups excluding carboxylic acids is 1. The number of aldehydes is 1. The Balaban J connectivity index is 1.87. The first-order chi connectivity index (χ1) is 12.5. The van der Waals surface area contributed by atoms with Crippen LogP contribution in [0.1, 0.15) is 23.2 Å². The monoisotopic (exact) mass is 378 g/mol. The van der Waals surface area contributed by atoms with Gasteiger partial charge in [0.05, 0.1) is 0 Å². The van der Waals surface area contributed by atoms with Crippen LogP contribution in [0.25, 0.3) is 11.3 Å². The molecular formula is C17H16ClFN4O3. The summed E-state index contributed by atoms with van der Waals surface area (Å²) in [5.41, 5.74) is 0.927. The van der Waals surface area contributed by atoms with E-state index in [1.807, 2.05) is 0 Å². The highest BCUT2D eigenvalue weighted by Crippen LogP contribution is 2.27. The molecule has 0 radical (unpaired) electrons. The van der Waals surface area contributed by atoms with E-state index in [2.05, 4.69) is 15.3 Å². The molecule has 1 aliphatic rings. The number of rotatable bonds is 4. The smallest absolute Gasteiger partial charge is 0.407 e. The van der Waals surface area contributed by atoms with Crippen LogP contribution in [-0.4, -0.2) is 51.5 Å². The van der Waals surface area contributed by atoms with Crippen LogP contribution < -0.4 is 5.32 Å². The zero-order valence-corrected chi connectivity index (χ0v) is 14.4. The maximum absolute atomic E-state index is 14.9. The number of aromatic nitrogens is 2. The van der Waals surface area contributed by atoms with Crippen molar-refractivity contribution >= 4 is 29.8 Å². The van der Waals surface area contributed by atoms with Gasteiger partial charge in [-0.05, 0) is 24.4 Å². The minimum atomic E-state index is -1.01. The van der Waals surface area contributed by atoms with Crippen molar-refractivity contribution in [2.24, 2.45) is 0 Å². The van der Waals surface area contributed by atoms with E-state index in [0.29, 0.717) is 36.8 Å².